The number of nitrogens with one attached hydrogen (secondary N) is 1. The van der Waals surface area contributed by atoms with Gasteiger partial charge < -0.3 is 10.2 Å². The molecule has 1 saturated heterocycles. The van der Waals surface area contributed by atoms with Crippen LogP contribution in [0.1, 0.15) is 12.0 Å². The predicted molar refractivity (Wildman–Crippen MR) is 97.0 cm³/mol. The van der Waals surface area contributed by atoms with Crippen molar-refractivity contribution in [3.8, 4) is 0 Å². The molecule has 1 atom stereocenters. The second-order valence-electron chi connectivity index (χ2n) is 6.07. The van der Waals surface area contributed by atoms with Gasteiger partial charge in [0.25, 0.3) is 0 Å². The number of carbonyl (C=O) groups excluding carboxylic acids is 2. The lowest BCUT2D eigenvalue weighted by Crippen LogP contribution is -2.28. The van der Waals surface area contributed by atoms with Crippen LogP contribution < -0.4 is 10.2 Å². The van der Waals surface area contributed by atoms with Gasteiger partial charge in [0.15, 0.2) is 0 Å². The molecule has 2 amide bonds. The van der Waals surface area contributed by atoms with Crippen LogP contribution in [-0.2, 0) is 15.8 Å². The van der Waals surface area contributed by atoms with Crippen LogP contribution in [0.15, 0.2) is 42.5 Å². The molecule has 9 heteroatoms. The number of nitrogens with zero attached hydrogens (tertiary/aromatic N) is 1. The van der Waals surface area contributed by atoms with Gasteiger partial charge in [-0.2, -0.15) is 13.2 Å². The molecule has 1 heterocycles. The number of rotatable bonds is 3. The second-order valence-corrected chi connectivity index (χ2v) is 6.91. The summed E-state index contributed by atoms with van der Waals surface area (Å²) in [7, 11) is 0. The standard InChI is InChI=1S/C18H13Cl2F3N2O2/c19-12-2-1-3-13(8-12)25-9-10(6-16(25)26)17(27)24-15-7-11(18(21,22)23)4-5-14(15)20/h1-5,7-8,10H,6,9H2,(H,24,27)/t10-/m0/s1. The molecule has 1 fully saturated rings. The molecule has 0 unspecified atom stereocenters. The minimum Gasteiger partial charge on any atom is -0.324 e. The van der Waals surface area contributed by atoms with Crippen molar-refractivity contribution in [2.45, 2.75) is 12.6 Å². The van der Waals surface area contributed by atoms with E-state index in [1.54, 1.807) is 24.3 Å². The maximum Gasteiger partial charge on any atom is 0.416 e. The molecular weight excluding hydrogens is 404 g/mol. The molecule has 27 heavy (non-hydrogen) atoms. The number of carbonyl (C=O) groups is 2. The Morgan fingerprint density at radius 3 is 2.56 bits per heavy atom. The number of anilines is 2. The predicted octanol–water partition coefficient (Wildman–Crippen LogP) is 5.00. The average molecular weight is 417 g/mol. The van der Waals surface area contributed by atoms with Crippen molar-refractivity contribution in [3.05, 3.63) is 58.1 Å². The molecule has 142 valence electrons. The summed E-state index contributed by atoms with van der Waals surface area (Å²) in [4.78, 5) is 26.1. The molecule has 0 spiro atoms. The van der Waals surface area contributed by atoms with Gasteiger partial charge in [0.1, 0.15) is 0 Å². The van der Waals surface area contributed by atoms with Crippen LogP contribution in [0.25, 0.3) is 0 Å². The van der Waals surface area contributed by atoms with Crippen molar-refractivity contribution < 1.29 is 22.8 Å². The number of benzene rings is 2. The van der Waals surface area contributed by atoms with Crippen LogP contribution >= 0.6 is 23.2 Å². The Bertz CT molecular complexity index is 902. The van der Waals surface area contributed by atoms with E-state index < -0.39 is 23.6 Å². The zero-order valence-corrected chi connectivity index (χ0v) is 15.2. The van der Waals surface area contributed by atoms with Crippen LogP contribution in [0, 0.1) is 5.92 Å². The highest BCUT2D eigenvalue weighted by Crippen LogP contribution is 2.34. The monoisotopic (exact) mass is 416 g/mol. The van der Waals surface area contributed by atoms with Crippen LogP contribution in [0.2, 0.25) is 10.0 Å². The average Bonchev–Trinajstić information content (AvgIpc) is 2.98. The Morgan fingerprint density at radius 1 is 1.15 bits per heavy atom. The highest BCUT2D eigenvalue weighted by atomic mass is 35.5. The van der Waals surface area contributed by atoms with Crippen molar-refractivity contribution in [1.29, 1.82) is 0 Å². The fraction of sp³-hybridized carbons (Fsp3) is 0.222. The lowest BCUT2D eigenvalue weighted by atomic mass is 10.1. The minimum atomic E-state index is -4.56. The maximum absolute atomic E-state index is 12.8. The van der Waals surface area contributed by atoms with Gasteiger partial charge in [0.05, 0.1) is 22.2 Å². The summed E-state index contributed by atoms with van der Waals surface area (Å²) < 4.78 is 38.5. The van der Waals surface area contributed by atoms with Crippen LogP contribution in [0.4, 0.5) is 24.5 Å². The Morgan fingerprint density at radius 2 is 1.89 bits per heavy atom. The number of alkyl halides is 3. The largest absolute Gasteiger partial charge is 0.416 e. The summed E-state index contributed by atoms with van der Waals surface area (Å²) in [5.41, 5.74) is -0.518. The molecule has 0 saturated carbocycles. The third-order valence-electron chi connectivity index (χ3n) is 4.17. The molecule has 2 aromatic rings. The Labute approximate surface area is 162 Å². The molecular formula is C18H13Cl2F3N2O2. The third kappa shape index (κ3) is 4.36. The first-order valence-corrected chi connectivity index (χ1v) is 8.64. The topological polar surface area (TPSA) is 49.4 Å². The van der Waals surface area contributed by atoms with Crippen molar-refractivity contribution in [1.82, 2.24) is 0 Å². The van der Waals surface area contributed by atoms with E-state index in [9.17, 15) is 22.8 Å². The van der Waals surface area contributed by atoms with E-state index in [0.29, 0.717) is 10.7 Å². The zero-order chi connectivity index (χ0) is 19.8. The normalized spacial score (nSPS) is 17.3. The summed E-state index contributed by atoms with van der Waals surface area (Å²) in [5, 5.41) is 2.82. The van der Waals surface area contributed by atoms with Gasteiger partial charge in [0.2, 0.25) is 11.8 Å². The van der Waals surface area contributed by atoms with Crippen LogP contribution in [0.5, 0.6) is 0 Å². The molecule has 4 nitrogen and oxygen atoms in total. The van der Waals surface area contributed by atoms with E-state index in [1.807, 2.05) is 0 Å². The fourth-order valence-corrected chi connectivity index (χ4v) is 3.16. The number of hydrogen-bond donors (Lipinski definition) is 1. The van der Waals surface area contributed by atoms with Gasteiger partial charge in [-0.05, 0) is 36.4 Å². The molecule has 2 aromatic carbocycles. The van der Waals surface area contributed by atoms with E-state index in [0.717, 1.165) is 18.2 Å². The third-order valence-corrected chi connectivity index (χ3v) is 4.73. The maximum atomic E-state index is 12.8. The van der Waals surface area contributed by atoms with Gasteiger partial charge in [-0.15, -0.1) is 0 Å². The molecule has 0 radical (unpaired) electrons. The first kappa shape index (κ1) is 19.5. The summed E-state index contributed by atoms with van der Waals surface area (Å²) in [5.74, 6) is -1.57. The Balaban J connectivity index is 1.75. The fourth-order valence-electron chi connectivity index (χ4n) is 2.81. The van der Waals surface area contributed by atoms with E-state index in [-0.39, 0.29) is 29.6 Å². The summed E-state index contributed by atoms with van der Waals surface area (Å²) in [6, 6.07) is 9.30. The lowest BCUT2D eigenvalue weighted by Gasteiger charge is -2.17. The number of amides is 2. The van der Waals surface area contributed by atoms with Gasteiger partial charge in [-0.3, -0.25) is 9.59 Å². The number of halogens is 5. The highest BCUT2D eigenvalue weighted by Gasteiger charge is 2.36. The first-order valence-electron chi connectivity index (χ1n) is 7.88. The summed E-state index contributed by atoms with van der Waals surface area (Å²) in [6.07, 6.45) is -4.62. The zero-order valence-electron chi connectivity index (χ0n) is 13.7. The first-order chi connectivity index (χ1) is 12.6. The van der Waals surface area contributed by atoms with Crippen molar-refractivity contribution in [2.75, 3.05) is 16.8 Å². The van der Waals surface area contributed by atoms with Gasteiger partial charge in [0, 0.05) is 23.7 Å². The van der Waals surface area contributed by atoms with Crippen LogP contribution in [0.3, 0.4) is 0 Å². The summed E-state index contributed by atoms with van der Waals surface area (Å²) in [6.45, 7) is 0.0988. The van der Waals surface area contributed by atoms with Crippen molar-refractivity contribution >= 4 is 46.4 Å². The molecule has 0 aliphatic carbocycles. The van der Waals surface area contributed by atoms with Crippen molar-refractivity contribution in [3.63, 3.8) is 0 Å². The quantitative estimate of drug-likeness (QED) is 0.764. The highest BCUT2D eigenvalue weighted by molar-refractivity contribution is 6.33. The minimum absolute atomic E-state index is 0.0210. The van der Waals surface area contributed by atoms with Crippen molar-refractivity contribution in [2.24, 2.45) is 5.92 Å². The number of hydrogen-bond acceptors (Lipinski definition) is 2. The SMILES string of the molecule is O=C(Nc1cc(C(F)(F)F)ccc1Cl)[C@H]1CC(=O)N(c2cccc(Cl)c2)C1. The van der Waals surface area contributed by atoms with E-state index in [1.165, 1.54) is 4.90 Å². The molecule has 1 aliphatic rings. The Hall–Kier alpha value is -2.25. The Kier molecular flexibility index (Phi) is 5.35. The van der Waals surface area contributed by atoms with E-state index in [2.05, 4.69) is 5.32 Å². The molecule has 0 aromatic heterocycles. The molecule has 1 aliphatic heterocycles. The van der Waals surface area contributed by atoms with Gasteiger partial charge in [-0.1, -0.05) is 29.3 Å². The van der Waals surface area contributed by atoms with Gasteiger partial charge in [-0.25, -0.2) is 0 Å². The van der Waals surface area contributed by atoms with E-state index >= 15 is 0 Å². The molecule has 3 rings (SSSR count). The van der Waals surface area contributed by atoms with Crippen LogP contribution in [-0.4, -0.2) is 18.4 Å². The van der Waals surface area contributed by atoms with Gasteiger partial charge >= 0.3 is 6.18 Å². The molecule has 0 bridgehead atoms. The summed E-state index contributed by atoms with van der Waals surface area (Å²) >= 11 is 11.8. The lowest BCUT2D eigenvalue weighted by molar-refractivity contribution is -0.137. The second kappa shape index (κ2) is 7.40. The smallest absolute Gasteiger partial charge is 0.324 e. The molecule has 1 N–H and O–H groups in total. The van der Waals surface area contributed by atoms with E-state index in [4.69, 9.17) is 23.2 Å².